The van der Waals surface area contributed by atoms with Gasteiger partial charge in [-0.15, -0.1) is 0 Å². The van der Waals surface area contributed by atoms with Gasteiger partial charge in [-0.3, -0.25) is 0 Å². The lowest BCUT2D eigenvalue weighted by atomic mass is 9.93. The van der Waals surface area contributed by atoms with Crippen LogP contribution in [0.4, 0.5) is 10.2 Å². The number of nitrogens with zero attached hydrogens (tertiary/aromatic N) is 3. The van der Waals surface area contributed by atoms with Crippen molar-refractivity contribution >= 4 is 27.6 Å². The fourth-order valence-corrected chi connectivity index (χ4v) is 4.01. The molecule has 0 radical (unpaired) electrons. The van der Waals surface area contributed by atoms with Crippen LogP contribution >= 0.6 is 0 Å². The number of hydrogen-bond donors (Lipinski definition) is 1. The van der Waals surface area contributed by atoms with Crippen LogP contribution in [0.15, 0.2) is 54.9 Å². The molecule has 1 aliphatic rings. The van der Waals surface area contributed by atoms with Crippen molar-refractivity contribution in [2.24, 2.45) is 0 Å². The van der Waals surface area contributed by atoms with Crippen LogP contribution in [0.1, 0.15) is 24.5 Å². The van der Waals surface area contributed by atoms with E-state index in [2.05, 4.69) is 50.2 Å². The van der Waals surface area contributed by atoms with Gasteiger partial charge < -0.3 is 9.88 Å². The zero-order chi connectivity index (χ0) is 17.5. The van der Waals surface area contributed by atoms with Gasteiger partial charge >= 0.3 is 0 Å². The van der Waals surface area contributed by atoms with E-state index in [1.165, 1.54) is 29.0 Å². The van der Waals surface area contributed by atoms with Crippen LogP contribution in [0.5, 0.6) is 0 Å². The monoisotopic (exact) mass is 346 g/mol. The molecule has 1 fully saturated rings. The molecule has 0 amide bonds. The van der Waals surface area contributed by atoms with Crippen molar-refractivity contribution in [2.45, 2.75) is 18.8 Å². The Morgan fingerprint density at radius 1 is 1.00 bits per heavy atom. The highest BCUT2D eigenvalue weighted by molar-refractivity contribution is 5.89. The standard InChI is InChI=1S/C21H19FN4/c22-16-5-3-7-18-20(16)21(24-13-23-18)26-10-8-14(9-11-26)19-12-15-4-1-2-6-17(15)25-19/h1-7,12-14,25H,8-11H2. The Balaban J connectivity index is 1.41. The van der Waals surface area contributed by atoms with Crippen LogP contribution in [0, 0.1) is 5.82 Å². The maximum absolute atomic E-state index is 14.3. The Morgan fingerprint density at radius 3 is 2.69 bits per heavy atom. The van der Waals surface area contributed by atoms with Gasteiger partial charge in [0.05, 0.1) is 10.9 Å². The summed E-state index contributed by atoms with van der Waals surface area (Å²) in [6, 6.07) is 15.6. The number of para-hydroxylation sites is 1. The van der Waals surface area contributed by atoms with Crippen molar-refractivity contribution in [3.8, 4) is 0 Å². The summed E-state index contributed by atoms with van der Waals surface area (Å²) in [7, 11) is 0. The van der Waals surface area contributed by atoms with Gasteiger partial charge in [-0.05, 0) is 42.5 Å². The zero-order valence-corrected chi connectivity index (χ0v) is 14.3. The maximum Gasteiger partial charge on any atom is 0.142 e. The number of H-pyrrole nitrogens is 1. The molecule has 4 nitrogen and oxygen atoms in total. The van der Waals surface area contributed by atoms with Crippen molar-refractivity contribution in [2.75, 3.05) is 18.0 Å². The van der Waals surface area contributed by atoms with Gasteiger partial charge in [0.15, 0.2) is 0 Å². The van der Waals surface area contributed by atoms with E-state index in [-0.39, 0.29) is 5.82 Å². The average molecular weight is 346 g/mol. The highest BCUT2D eigenvalue weighted by Gasteiger charge is 2.24. The van der Waals surface area contributed by atoms with E-state index in [0.29, 0.717) is 22.6 Å². The van der Waals surface area contributed by atoms with Gasteiger partial charge in [0, 0.05) is 30.2 Å². The summed E-state index contributed by atoms with van der Waals surface area (Å²) in [5.41, 5.74) is 3.14. The quantitative estimate of drug-likeness (QED) is 0.575. The van der Waals surface area contributed by atoms with Gasteiger partial charge in [-0.25, -0.2) is 14.4 Å². The first kappa shape index (κ1) is 15.3. The van der Waals surface area contributed by atoms with E-state index in [1.807, 2.05) is 6.07 Å². The molecule has 5 rings (SSSR count). The number of nitrogens with one attached hydrogen (secondary N) is 1. The number of benzene rings is 2. The highest BCUT2D eigenvalue weighted by atomic mass is 19.1. The molecule has 4 aromatic rings. The molecule has 1 N–H and O–H groups in total. The number of hydrogen-bond acceptors (Lipinski definition) is 3. The lowest BCUT2D eigenvalue weighted by Crippen LogP contribution is -2.33. The molecule has 2 aromatic heterocycles. The van der Waals surface area contributed by atoms with Crippen molar-refractivity contribution in [3.05, 3.63) is 66.4 Å². The molecule has 1 aliphatic heterocycles. The van der Waals surface area contributed by atoms with Crippen molar-refractivity contribution in [1.82, 2.24) is 15.0 Å². The van der Waals surface area contributed by atoms with E-state index in [1.54, 1.807) is 6.07 Å². The van der Waals surface area contributed by atoms with Crippen LogP contribution < -0.4 is 4.90 Å². The lowest BCUT2D eigenvalue weighted by Gasteiger charge is -2.33. The molecule has 3 heterocycles. The number of anilines is 1. The lowest BCUT2D eigenvalue weighted by molar-refractivity contribution is 0.496. The summed E-state index contributed by atoms with van der Waals surface area (Å²) in [5.74, 6) is 0.954. The third-order valence-electron chi connectivity index (χ3n) is 5.38. The zero-order valence-electron chi connectivity index (χ0n) is 14.3. The van der Waals surface area contributed by atoms with Crippen LogP contribution in [0.2, 0.25) is 0 Å². The van der Waals surface area contributed by atoms with E-state index in [9.17, 15) is 4.39 Å². The average Bonchev–Trinajstić information content (AvgIpc) is 3.12. The van der Waals surface area contributed by atoms with Gasteiger partial charge in [0.2, 0.25) is 0 Å². The smallest absolute Gasteiger partial charge is 0.142 e. The molecule has 0 saturated carbocycles. The van der Waals surface area contributed by atoms with E-state index < -0.39 is 0 Å². The third kappa shape index (κ3) is 2.51. The normalized spacial score (nSPS) is 15.8. The van der Waals surface area contributed by atoms with Crippen molar-refractivity contribution < 1.29 is 4.39 Å². The number of aromatic nitrogens is 3. The van der Waals surface area contributed by atoms with Gasteiger partial charge in [0.1, 0.15) is 18.0 Å². The molecule has 0 atom stereocenters. The first-order valence-electron chi connectivity index (χ1n) is 9.01. The van der Waals surface area contributed by atoms with Gasteiger partial charge in [-0.1, -0.05) is 24.3 Å². The molecular weight excluding hydrogens is 327 g/mol. The molecule has 0 bridgehead atoms. The number of halogens is 1. The number of fused-ring (bicyclic) bond motifs is 2. The molecular formula is C21H19FN4. The van der Waals surface area contributed by atoms with Crippen molar-refractivity contribution in [1.29, 1.82) is 0 Å². The van der Waals surface area contributed by atoms with Crippen LogP contribution in [0.3, 0.4) is 0 Å². The molecule has 0 unspecified atom stereocenters. The van der Waals surface area contributed by atoms with E-state index in [0.717, 1.165) is 25.9 Å². The largest absolute Gasteiger partial charge is 0.358 e. The number of rotatable bonds is 2. The third-order valence-corrected chi connectivity index (χ3v) is 5.38. The Hall–Kier alpha value is -2.95. The van der Waals surface area contributed by atoms with Gasteiger partial charge in [0.25, 0.3) is 0 Å². The molecule has 0 aliphatic carbocycles. The second-order valence-electron chi connectivity index (χ2n) is 6.90. The minimum atomic E-state index is -0.254. The topological polar surface area (TPSA) is 44.8 Å². The first-order chi connectivity index (χ1) is 12.8. The Kier molecular flexibility index (Phi) is 3.59. The fraction of sp³-hybridized carbons (Fsp3) is 0.238. The molecule has 5 heteroatoms. The predicted molar refractivity (Wildman–Crippen MR) is 102 cm³/mol. The molecule has 1 saturated heterocycles. The molecule has 130 valence electrons. The summed E-state index contributed by atoms with van der Waals surface area (Å²) in [5, 5.41) is 1.79. The minimum Gasteiger partial charge on any atom is -0.358 e. The summed E-state index contributed by atoms with van der Waals surface area (Å²) < 4.78 is 14.3. The Morgan fingerprint density at radius 2 is 1.85 bits per heavy atom. The second kappa shape index (κ2) is 6.09. The van der Waals surface area contributed by atoms with Crippen LogP contribution in [0.25, 0.3) is 21.8 Å². The number of aromatic amines is 1. The molecule has 26 heavy (non-hydrogen) atoms. The molecule has 0 spiro atoms. The predicted octanol–water partition coefficient (Wildman–Crippen LogP) is 4.63. The second-order valence-corrected chi connectivity index (χ2v) is 6.90. The Bertz CT molecular complexity index is 1040. The summed E-state index contributed by atoms with van der Waals surface area (Å²) in [4.78, 5) is 14.3. The summed E-state index contributed by atoms with van der Waals surface area (Å²) >= 11 is 0. The van der Waals surface area contributed by atoms with Crippen LogP contribution in [-0.4, -0.2) is 28.0 Å². The fourth-order valence-electron chi connectivity index (χ4n) is 4.01. The summed E-state index contributed by atoms with van der Waals surface area (Å²) in [6.45, 7) is 1.72. The van der Waals surface area contributed by atoms with Crippen LogP contribution in [-0.2, 0) is 0 Å². The minimum absolute atomic E-state index is 0.254. The van der Waals surface area contributed by atoms with E-state index in [4.69, 9.17) is 0 Å². The Labute approximate surface area is 150 Å². The first-order valence-corrected chi connectivity index (χ1v) is 9.01. The molecule has 2 aromatic carbocycles. The SMILES string of the molecule is Fc1cccc2ncnc(N3CCC(c4cc5ccccc5[nH]4)CC3)c12. The van der Waals surface area contributed by atoms with E-state index >= 15 is 0 Å². The number of piperidine rings is 1. The summed E-state index contributed by atoms with van der Waals surface area (Å²) in [6.07, 6.45) is 3.57. The van der Waals surface area contributed by atoms with Gasteiger partial charge in [-0.2, -0.15) is 0 Å². The van der Waals surface area contributed by atoms with Crippen molar-refractivity contribution in [3.63, 3.8) is 0 Å². The highest BCUT2D eigenvalue weighted by Crippen LogP contribution is 2.33. The maximum atomic E-state index is 14.3.